The first kappa shape index (κ1) is 22.0. The van der Waals surface area contributed by atoms with E-state index in [4.69, 9.17) is 16.3 Å². The zero-order chi connectivity index (χ0) is 23.4. The van der Waals surface area contributed by atoms with Crippen LogP contribution >= 0.6 is 11.6 Å². The molecule has 0 radical (unpaired) electrons. The topological polar surface area (TPSA) is 115 Å². The molecule has 0 unspecified atom stereocenters. The van der Waals surface area contributed by atoms with Crippen LogP contribution in [0, 0.1) is 10.1 Å². The van der Waals surface area contributed by atoms with E-state index in [9.17, 15) is 20.0 Å². The van der Waals surface area contributed by atoms with Gasteiger partial charge in [0.15, 0.2) is 6.61 Å². The van der Waals surface area contributed by atoms with E-state index in [1.165, 1.54) is 30.5 Å². The Hall–Kier alpha value is -4.17. The molecule has 3 aromatic carbocycles. The Bertz CT molecular complexity index is 1310. The lowest BCUT2D eigenvalue weighted by atomic mass is 9.96. The Labute approximate surface area is 193 Å². The number of carbonyl (C=O) groups excluding carboxylic acids is 1. The standard InChI is InChI=1S/C24H18ClN3O5/c25-20-13-19(24(30)23-18(20)7-4-12-26-23)22(15-8-10-16(11-9-15)28(31)32)27-21(29)14-33-17-5-2-1-3-6-17/h1-13,22,30H,14H2,(H,27,29)/t22-/m1/s1. The van der Waals surface area contributed by atoms with Crippen molar-refractivity contribution in [2.24, 2.45) is 0 Å². The molecule has 166 valence electrons. The Kier molecular flexibility index (Phi) is 6.37. The number of pyridine rings is 1. The maximum atomic E-state index is 12.7. The molecule has 0 saturated heterocycles. The molecule has 33 heavy (non-hydrogen) atoms. The van der Waals surface area contributed by atoms with Crippen LogP contribution < -0.4 is 10.1 Å². The number of benzene rings is 3. The molecule has 0 bridgehead atoms. The fraction of sp³-hybridized carbons (Fsp3) is 0.0833. The summed E-state index contributed by atoms with van der Waals surface area (Å²) < 4.78 is 5.51. The zero-order valence-corrected chi connectivity index (χ0v) is 17.9. The fourth-order valence-electron chi connectivity index (χ4n) is 3.42. The number of phenols is 1. The third kappa shape index (κ3) is 4.86. The molecule has 8 nitrogen and oxygen atoms in total. The first-order valence-electron chi connectivity index (χ1n) is 9.91. The smallest absolute Gasteiger partial charge is 0.269 e. The first-order chi connectivity index (χ1) is 15.9. The summed E-state index contributed by atoms with van der Waals surface area (Å²) in [7, 11) is 0. The van der Waals surface area contributed by atoms with E-state index in [0.717, 1.165) is 0 Å². The summed E-state index contributed by atoms with van der Waals surface area (Å²) in [5.41, 5.74) is 0.990. The number of nitrogens with zero attached hydrogens (tertiary/aromatic N) is 2. The average molecular weight is 464 g/mol. The van der Waals surface area contributed by atoms with Crippen molar-refractivity contribution in [3.05, 3.63) is 105 Å². The quantitative estimate of drug-likeness (QED) is 0.301. The monoisotopic (exact) mass is 463 g/mol. The molecule has 0 aliphatic carbocycles. The number of ether oxygens (including phenoxy) is 1. The minimum atomic E-state index is -0.860. The highest BCUT2D eigenvalue weighted by atomic mass is 35.5. The number of para-hydroxylation sites is 1. The molecule has 1 atom stereocenters. The van der Waals surface area contributed by atoms with Gasteiger partial charge in [-0.3, -0.25) is 19.9 Å². The summed E-state index contributed by atoms with van der Waals surface area (Å²) in [6.45, 7) is -0.270. The number of halogens is 1. The van der Waals surface area contributed by atoms with Crippen LogP contribution in [0.4, 0.5) is 5.69 Å². The SMILES string of the molecule is O=C(COc1ccccc1)N[C@H](c1ccc([N+](=O)[O-])cc1)c1cc(Cl)c2cccnc2c1O. The largest absolute Gasteiger partial charge is 0.505 e. The van der Waals surface area contributed by atoms with Crippen molar-refractivity contribution < 1.29 is 19.6 Å². The van der Waals surface area contributed by atoms with Gasteiger partial charge in [0, 0.05) is 29.3 Å². The van der Waals surface area contributed by atoms with Gasteiger partial charge in [0.25, 0.3) is 11.6 Å². The summed E-state index contributed by atoms with van der Waals surface area (Å²) in [6, 6.07) is 18.6. The number of rotatable bonds is 7. The summed E-state index contributed by atoms with van der Waals surface area (Å²) in [4.78, 5) is 27.5. The van der Waals surface area contributed by atoms with Crippen LogP contribution in [0.25, 0.3) is 10.9 Å². The number of hydrogen-bond donors (Lipinski definition) is 2. The van der Waals surface area contributed by atoms with Crippen molar-refractivity contribution in [2.45, 2.75) is 6.04 Å². The third-order valence-corrected chi connectivity index (χ3v) is 5.32. The predicted molar refractivity (Wildman–Crippen MR) is 123 cm³/mol. The highest BCUT2D eigenvalue weighted by Crippen LogP contribution is 2.38. The minimum Gasteiger partial charge on any atom is -0.505 e. The number of carbonyl (C=O) groups is 1. The van der Waals surface area contributed by atoms with Gasteiger partial charge in [-0.1, -0.05) is 29.8 Å². The number of phenolic OH excluding ortho intramolecular Hbond substituents is 1. The van der Waals surface area contributed by atoms with Gasteiger partial charge >= 0.3 is 0 Å². The molecule has 0 aliphatic heterocycles. The highest BCUT2D eigenvalue weighted by molar-refractivity contribution is 6.35. The molecule has 1 amide bonds. The lowest BCUT2D eigenvalue weighted by Gasteiger charge is -2.22. The molecular weight excluding hydrogens is 446 g/mol. The van der Waals surface area contributed by atoms with E-state index in [2.05, 4.69) is 10.3 Å². The van der Waals surface area contributed by atoms with Crippen LogP contribution in [0.2, 0.25) is 5.02 Å². The van der Waals surface area contributed by atoms with Gasteiger partial charge in [-0.2, -0.15) is 0 Å². The minimum absolute atomic E-state index is 0.0985. The molecule has 0 saturated carbocycles. The van der Waals surface area contributed by atoms with Crippen LogP contribution in [0.15, 0.2) is 79.0 Å². The molecule has 0 fully saturated rings. The van der Waals surface area contributed by atoms with Gasteiger partial charge in [-0.25, -0.2) is 0 Å². The molecule has 1 aromatic heterocycles. The second-order valence-electron chi connectivity index (χ2n) is 7.15. The lowest BCUT2D eigenvalue weighted by molar-refractivity contribution is -0.384. The van der Waals surface area contributed by atoms with Gasteiger partial charge in [0.1, 0.15) is 17.0 Å². The Morgan fingerprint density at radius 1 is 1.12 bits per heavy atom. The molecule has 0 spiro atoms. The van der Waals surface area contributed by atoms with E-state index in [0.29, 0.717) is 27.3 Å². The van der Waals surface area contributed by atoms with E-state index >= 15 is 0 Å². The van der Waals surface area contributed by atoms with Crippen LogP contribution in [0.1, 0.15) is 17.2 Å². The Morgan fingerprint density at radius 3 is 2.55 bits per heavy atom. The van der Waals surface area contributed by atoms with Crippen molar-refractivity contribution in [2.75, 3.05) is 6.61 Å². The van der Waals surface area contributed by atoms with Crippen molar-refractivity contribution in [1.82, 2.24) is 10.3 Å². The van der Waals surface area contributed by atoms with Crippen molar-refractivity contribution in [1.29, 1.82) is 0 Å². The molecule has 1 heterocycles. The number of non-ortho nitro benzene ring substituents is 1. The number of fused-ring (bicyclic) bond motifs is 1. The number of nitro groups is 1. The highest BCUT2D eigenvalue weighted by Gasteiger charge is 2.24. The lowest BCUT2D eigenvalue weighted by Crippen LogP contribution is -2.33. The van der Waals surface area contributed by atoms with Crippen LogP contribution in [-0.2, 0) is 4.79 Å². The second kappa shape index (κ2) is 9.54. The van der Waals surface area contributed by atoms with Gasteiger partial charge in [-0.05, 0) is 48.0 Å². The second-order valence-corrected chi connectivity index (χ2v) is 7.55. The Balaban J connectivity index is 1.70. The fourth-order valence-corrected chi connectivity index (χ4v) is 3.69. The van der Waals surface area contributed by atoms with Crippen LogP contribution in [-0.4, -0.2) is 27.5 Å². The number of aromatic hydroxyl groups is 1. The van der Waals surface area contributed by atoms with E-state index in [-0.39, 0.29) is 23.6 Å². The van der Waals surface area contributed by atoms with Crippen LogP contribution in [0.3, 0.4) is 0 Å². The third-order valence-electron chi connectivity index (χ3n) is 5.01. The van der Waals surface area contributed by atoms with Gasteiger partial charge in [0.05, 0.1) is 16.0 Å². The van der Waals surface area contributed by atoms with Gasteiger partial charge in [-0.15, -0.1) is 0 Å². The number of aromatic nitrogens is 1. The van der Waals surface area contributed by atoms with Crippen molar-refractivity contribution in [3.8, 4) is 11.5 Å². The Morgan fingerprint density at radius 2 is 1.85 bits per heavy atom. The molecule has 9 heteroatoms. The van der Waals surface area contributed by atoms with Crippen molar-refractivity contribution in [3.63, 3.8) is 0 Å². The summed E-state index contributed by atoms with van der Waals surface area (Å²) in [5, 5.41) is 25.7. The maximum absolute atomic E-state index is 12.7. The zero-order valence-electron chi connectivity index (χ0n) is 17.1. The number of hydrogen-bond acceptors (Lipinski definition) is 6. The first-order valence-corrected chi connectivity index (χ1v) is 10.3. The number of nitro benzene ring substituents is 1. The molecule has 2 N–H and O–H groups in total. The van der Waals surface area contributed by atoms with E-state index in [1.807, 2.05) is 6.07 Å². The summed E-state index contributed by atoms with van der Waals surface area (Å²) in [6.07, 6.45) is 1.52. The molecule has 4 aromatic rings. The van der Waals surface area contributed by atoms with E-state index < -0.39 is 16.9 Å². The van der Waals surface area contributed by atoms with Crippen molar-refractivity contribution >= 4 is 34.1 Å². The number of amides is 1. The van der Waals surface area contributed by atoms with Crippen LogP contribution in [0.5, 0.6) is 11.5 Å². The molecular formula is C24H18ClN3O5. The molecule has 4 rings (SSSR count). The van der Waals surface area contributed by atoms with E-state index in [1.54, 1.807) is 42.5 Å². The summed E-state index contributed by atoms with van der Waals surface area (Å²) in [5.74, 6) is -0.0817. The van der Waals surface area contributed by atoms with Gasteiger partial charge < -0.3 is 15.2 Å². The molecule has 0 aliphatic rings. The summed E-state index contributed by atoms with van der Waals surface area (Å²) >= 11 is 6.43. The normalized spacial score (nSPS) is 11.7. The predicted octanol–water partition coefficient (Wildman–Crippen LogP) is 4.79. The number of nitrogens with one attached hydrogen (secondary N) is 1. The van der Waals surface area contributed by atoms with Gasteiger partial charge in [0.2, 0.25) is 0 Å². The maximum Gasteiger partial charge on any atom is 0.269 e. The average Bonchev–Trinajstić information content (AvgIpc) is 2.84.